The van der Waals surface area contributed by atoms with Crippen LogP contribution in [0.3, 0.4) is 0 Å². The largest absolute Gasteiger partial charge is 0.392 e. The number of nitrogens with one attached hydrogen (secondary N) is 1. The fourth-order valence-electron chi connectivity index (χ4n) is 1.23. The maximum atomic E-state index is 11.9. The normalized spacial score (nSPS) is 13.7. The van der Waals surface area contributed by atoms with Gasteiger partial charge in [-0.15, -0.1) is 0 Å². The highest BCUT2D eigenvalue weighted by Crippen LogP contribution is 2.27. The third kappa shape index (κ3) is 3.82. The van der Waals surface area contributed by atoms with Crippen molar-refractivity contribution in [3.63, 3.8) is 0 Å². The Hall–Kier alpha value is -0.330. The van der Waals surface area contributed by atoms with Crippen molar-refractivity contribution >= 4 is 33.2 Å². The molecule has 0 unspecified atom stereocenters. The fourth-order valence-corrected chi connectivity index (χ4v) is 3.04. The SMILES string of the molecule is Cc1cc(Cl)c(Cl)cc1S(=O)(=O)NC[C@@H](C)O. The van der Waals surface area contributed by atoms with Gasteiger partial charge in [0.25, 0.3) is 0 Å². The average Bonchev–Trinajstić information content (AvgIpc) is 2.20. The Morgan fingerprint density at radius 1 is 1.35 bits per heavy atom. The monoisotopic (exact) mass is 297 g/mol. The quantitative estimate of drug-likeness (QED) is 0.893. The minimum atomic E-state index is -3.68. The molecule has 0 spiro atoms. The van der Waals surface area contributed by atoms with Crippen LogP contribution in [-0.4, -0.2) is 26.2 Å². The van der Waals surface area contributed by atoms with E-state index >= 15 is 0 Å². The number of aliphatic hydroxyl groups excluding tert-OH is 1. The van der Waals surface area contributed by atoms with Gasteiger partial charge in [-0.25, -0.2) is 13.1 Å². The van der Waals surface area contributed by atoms with E-state index < -0.39 is 16.1 Å². The van der Waals surface area contributed by atoms with Crippen molar-refractivity contribution in [2.75, 3.05) is 6.54 Å². The zero-order chi connectivity index (χ0) is 13.2. The minimum Gasteiger partial charge on any atom is -0.392 e. The van der Waals surface area contributed by atoms with E-state index in [1.165, 1.54) is 19.1 Å². The summed E-state index contributed by atoms with van der Waals surface area (Å²) in [5.74, 6) is 0. The maximum Gasteiger partial charge on any atom is 0.240 e. The summed E-state index contributed by atoms with van der Waals surface area (Å²) in [7, 11) is -3.68. The Kier molecular flexibility index (Phi) is 4.80. The van der Waals surface area contributed by atoms with Crippen LogP contribution >= 0.6 is 23.2 Å². The molecule has 0 bridgehead atoms. The molecule has 0 saturated heterocycles. The summed E-state index contributed by atoms with van der Waals surface area (Å²) in [6.45, 7) is 3.06. The summed E-state index contributed by atoms with van der Waals surface area (Å²) in [5, 5.41) is 9.54. The molecule has 0 aliphatic heterocycles. The zero-order valence-electron chi connectivity index (χ0n) is 9.37. The van der Waals surface area contributed by atoms with Crippen LogP contribution in [0.1, 0.15) is 12.5 Å². The number of aryl methyl sites for hydroxylation is 1. The van der Waals surface area contributed by atoms with Gasteiger partial charge in [-0.05, 0) is 31.5 Å². The summed E-state index contributed by atoms with van der Waals surface area (Å²) in [4.78, 5) is 0.0625. The average molecular weight is 298 g/mol. The molecule has 1 atom stereocenters. The summed E-state index contributed by atoms with van der Waals surface area (Å²) >= 11 is 11.6. The van der Waals surface area contributed by atoms with Gasteiger partial charge in [0, 0.05) is 6.54 Å². The summed E-state index contributed by atoms with van der Waals surface area (Å²) in [6.07, 6.45) is -0.757. The molecule has 0 aromatic heterocycles. The second kappa shape index (κ2) is 5.54. The maximum absolute atomic E-state index is 11.9. The van der Waals surface area contributed by atoms with Crippen molar-refractivity contribution in [2.45, 2.75) is 24.8 Å². The van der Waals surface area contributed by atoms with Crippen molar-refractivity contribution in [3.8, 4) is 0 Å². The number of sulfonamides is 1. The van der Waals surface area contributed by atoms with Gasteiger partial charge >= 0.3 is 0 Å². The molecule has 0 amide bonds. The van der Waals surface area contributed by atoms with Gasteiger partial charge in [-0.1, -0.05) is 23.2 Å². The molecular formula is C10H13Cl2NO3S. The molecule has 0 aliphatic carbocycles. The van der Waals surface area contributed by atoms with Gasteiger partial charge in [0.05, 0.1) is 21.0 Å². The molecule has 0 fully saturated rings. The first-order chi connectivity index (χ1) is 7.74. The molecule has 0 heterocycles. The lowest BCUT2D eigenvalue weighted by atomic mass is 10.2. The van der Waals surface area contributed by atoms with Gasteiger partial charge in [-0.2, -0.15) is 0 Å². The molecule has 1 aromatic carbocycles. The van der Waals surface area contributed by atoms with Gasteiger partial charge in [0.1, 0.15) is 0 Å². The van der Waals surface area contributed by atoms with Gasteiger partial charge < -0.3 is 5.11 Å². The predicted octanol–water partition coefficient (Wildman–Crippen LogP) is 1.96. The third-order valence-electron chi connectivity index (χ3n) is 2.08. The molecule has 0 saturated carbocycles. The number of hydrogen-bond acceptors (Lipinski definition) is 3. The molecular weight excluding hydrogens is 285 g/mol. The number of rotatable bonds is 4. The molecule has 0 radical (unpaired) electrons. The molecule has 96 valence electrons. The van der Waals surface area contributed by atoms with Crippen LogP contribution < -0.4 is 4.72 Å². The van der Waals surface area contributed by atoms with Crippen LogP contribution in [0.5, 0.6) is 0 Å². The lowest BCUT2D eigenvalue weighted by Gasteiger charge is -2.11. The van der Waals surface area contributed by atoms with Crippen LogP contribution in [0.25, 0.3) is 0 Å². The topological polar surface area (TPSA) is 66.4 Å². The van der Waals surface area contributed by atoms with Crippen LogP contribution in [0.2, 0.25) is 10.0 Å². The van der Waals surface area contributed by atoms with Crippen molar-refractivity contribution in [1.29, 1.82) is 0 Å². The van der Waals surface area contributed by atoms with Crippen LogP contribution in [-0.2, 0) is 10.0 Å². The van der Waals surface area contributed by atoms with E-state index in [0.29, 0.717) is 10.6 Å². The number of halogens is 2. The summed E-state index contributed by atoms with van der Waals surface area (Å²) in [6, 6.07) is 2.78. The van der Waals surface area contributed by atoms with E-state index in [4.69, 9.17) is 28.3 Å². The fraction of sp³-hybridized carbons (Fsp3) is 0.400. The van der Waals surface area contributed by atoms with Crippen molar-refractivity contribution in [1.82, 2.24) is 4.72 Å². The molecule has 4 nitrogen and oxygen atoms in total. The van der Waals surface area contributed by atoms with E-state index in [1.807, 2.05) is 0 Å². The Morgan fingerprint density at radius 3 is 2.41 bits per heavy atom. The predicted molar refractivity (Wildman–Crippen MR) is 68.1 cm³/mol. The number of hydrogen-bond donors (Lipinski definition) is 2. The first kappa shape index (κ1) is 14.7. The second-order valence-corrected chi connectivity index (χ2v) is 6.28. The molecule has 2 N–H and O–H groups in total. The van der Waals surface area contributed by atoms with E-state index in [1.54, 1.807) is 6.92 Å². The summed E-state index contributed by atoms with van der Waals surface area (Å²) in [5.41, 5.74) is 0.498. The Bertz CT molecular complexity index is 515. The molecule has 7 heteroatoms. The highest BCUT2D eigenvalue weighted by molar-refractivity contribution is 7.89. The highest BCUT2D eigenvalue weighted by atomic mass is 35.5. The van der Waals surface area contributed by atoms with Gasteiger partial charge in [0.15, 0.2) is 0 Å². The standard InChI is InChI=1S/C10H13Cl2NO3S/c1-6-3-8(11)9(12)4-10(6)17(15,16)13-5-7(2)14/h3-4,7,13-14H,5H2,1-2H3/t7-/m1/s1. The Balaban J connectivity index is 3.11. The van der Waals surface area contributed by atoms with Crippen LogP contribution in [0, 0.1) is 6.92 Å². The Labute approximate surface area is 111 Å². The lowest BCUT2D eigenvalue weighted by molar-refractivity contribution is 0.198. The number of aliphatic hydroxyl groups is 1. The third-order valence-corrected chi connectivity index (χ3v) is 4.36. The number of benzene rings is 1. The molecule has 0 aliphatic rings. The van der Waals surface area contributed by atoms with E-state index in [2.05, 4.69) is 4.72 Å². The van der Waals surface area contributed by atoms with Crippen molar-refractivity contribution in [2.24, 2.45) is 0 Å². The molecule has 1 rings (SSSR count). The van der Waals surface area contributed by atoms with Crippen LogP contribution in [0.4, 0.5) is 0 Å². The second-order valence-electron chi connectivity index (χ2n) is 3.73. The first-order valence-corrected chi connectivity index (χ1v) is 7.11. The highest BCUT2D eigenvalue weighted by Gasteiger charge is 2.18. The molecule has 17 heavy (non-hydrogen) atoms. The minimum absolute atomic E-state index is 0.0536. The van der Waals surface area contributed by atoms with Crippen molar-refractivity contribution < 1.29 is 13.5 Å². The zero-order valence-corrected chi connectivity index (χ0v) is 11.7. The van der Waals surface area contributed by atoms with Crippen molar-refractivity contribution in [3.05, 3.63) is 27.7 Å². The van der Waals surface area contributed by atoms with Crippen LogP contribution in [0.15, 0.2) is 17.0 Å². The van der Waals surface area contributed by atoms with Gasteiger partial charge in [-0.3, -0.25) is 0 Å². The van der Waals surface area contributed by atoms with E-state index in [0.717, 1.165) is 0 Å². The Morgan fingerprint density at radius 2 is 1.88 bits per heavy atom. The lowest BCUT2D eigenvalue weighted by Crippen LogP contribution is -2.31. The smallest absolute Gasteiger partial charge is 0.240 e. The van der Waals surface area contributed by atoms with E-state index in [9.17, 15) is 8.42 Å². The van der Waals surface area contributed by atoms with E-state index in [-0.39, 0.29) is 16.5 Å². The first-order valence-electron chi connectivity index (χ1n) is 4.87. The van der Waals surface area contributed by atoms with Gasteiger partial charge in [0.2, 0.25) is 10.0 Å². The molecule has 1 aromatic rings. The summed E-state index contributed by atoms with van der Waals surface area (Å²) < 4.78 is 26.1.